The molecule has 8 nitrogen and oxygen atoms in total. The van der Waals surface area contributed by atoms with Crippen LogP contribution in [0.5, 0.6) is 0 Å². The summed E-state index contributed by atoms with van der Waals surface area (Å²) in [6.07, 6.45) is 0. The van der Waals surface area contributed by atoms with Crippen molar-refractivity contribution in [3.8, 4) is 11.6 Å². The molecule has 4 heterocycles. The molecule has 31 heavy (non-hydrogen) atoms. The van der Waals surface area contributed by atoms with Crippen LogP contribution >= 0.6 is 11.3 Å². The fraction of sp³-hybridized carbons (Fsp3) is 0.273. The second kappa shape index (κ2) is 7.66. The Morgan fingerprint density at radius 1 is 1.29 bits per heavy atom. The standard InChI is InChI=1S/C22H22N6O2S/c1-11(18-5-4-8-31-18)24-21(29)20-23-12(2)19(27-20)14-6-7-16-15(9-14)10-17(26-16)22-25-13(3)28-30-22/h4-12,19,26H,1-3H3,(H,23,27)(H,24,29). The molecule has 0 saturated heterocycles. The van der Waals surface area contributed by atoms with Crippen LogP contribution in [-0.2, 0) is 4.79 Å². The van der Waals surface area contributed by atoms with Gasteiger partial charge in [0.2, 0.25) is 0 Å². The molecule has 0 bridgehead atoms. The van der Waals surface area contributed by atoms with Gasteiger partial charge >= 0.3 is 0 Å². The van der Waals surface area contributed by atoms with Gasteiger partial charge in [-0.05, 0) is 56.0 Å². The molecule has 0 saturated carbocycles. The zero-order chi connectivity index (χ0) is 21.5. The van der Waals surface area contributed by atoms with Crippen LogP contribution in [0.4, 0.5) is 0 Å². The molecule has 0 spiro atoms. The Labute approximate surface area is 182 Å². The summed E-state index contributed by atoms with van der Waals surface area (Å²) in [5, 5.41) is 13.1. The predicted octanol–water partition coefficient (Wildman–Crippen LogP) is 3.90. The van der Waals surface area contributed by atoms with E-state index in [1.54, 1.807) is 18.3 Å². The Bertz CT molecular complexity index is 1270. The zero-order valence-corrected chi connectivity index (χ0v) is 18.2. The van der Waals surface area contributed by atoms with E-state index < -0.39 is 0 Å². The number of aliphatic imine (C=N–C) groups is 1. The number of carbonyl (C=O) groups excluding carboxylic acids is 1. The number of amidine groups is 1. The minimum absolute atomic E-state index is 0.00671. The van der Waals surface area contributed by atoms with Gasteiger partial charge in [0.15, 0.2) is 11.7 Å². The Kier molecular flexibility index (Phi) is 4.82. The highest BCUT2D eigenvalue weighted by Crippen LogP contribution is 2.30. The van der Waals surface area contributed by atoms with Crippen molar-refractivity contribution < 1.29 is 9.32 Å². The third kappa shape index (κ3) is 3.72. The number of hydrogen-bond acceptors (Lipinski definition) is 7. The quantitative estimate of drug-likeness (QED) is 0.442. The molecule has 3 N–H and O–H groups in total. The lowest BCUT2D eigenvalue weighted by Crippen LogP contribution is -2.41. The summed E-state index contributed by atoms with van der Waals surface area (Å²) < 4.78 is 5.26. The smallest absolute Gasteiger partial charge is 0.286 e. The van der Waals surface area contributed by atoms with E-state index in [1.165, 1.54) is 0 Å². The van der Waals surface area contributed by atoms with E-state index in [0.717, 1.165) is 27.0 Å². The van der Waals surface area contributed by atoms with Gasteiger partial charge < -0.3 is 20.1 Å². The molecule has 1 aliphatic heterocycles. The van der Waals surface area contributed by atoms with Crippen LogP contribution in [-0.4, -0.2) is 32.9 Å². The number of thiophene rings is 1. The Balaban J connectivity index is 1.37. The fourth-order valence-corrected chi connectivity index (χ4v) is 4.54. The summed E-state index contributed by atoms with van der Waals surface area (Å²) in [6.45, 7) is 5.79. The number of carbonyl (C=O) groups is 1. The summed E-state index contributed by atoms with van der Waals surface area (Å²) in [6, 6.07) is 11.9. The molecule has 3 unspecified atom stereocenters. The minimum Gasteiger partial charge on any atom is -0.361 e. The summed E-state index contributed by atoms with van der Waals surface area (Å²) in [7, 11) is 0. The van der Waals surface area contributed by atoms with Crippen molar-refractivity contribution >= 4 is 34.0 Å². The molecule has 9 heteroatoms. The van der Waals surface area contributed by atoms with Crippen LogP contribution in [0.2, 0.25) is 0 Å². The molecular weight excluding hydrogens is 412 g/mol. The highest BCUT2D eigenvalue weighted by Gasteiger charge is 2.30. The number of H-pyrrole nitrogens is 1. The molecule has 3 aromatic heterocycles. The van der Waals surface area contributed by atoms with Crippen molar-refractivity contribution in [2.24, 2.45) is 4.99 Å². The number of fused-ring (bicyclic) bond motifs is 1. The molecular formula is C22H22N6O2S. The summed E-state index contributed by atoms with van der Waals surface area (Å²) >= 11 is 1.62. The van der Waals surface area contributed by atoms with Crippen molar-refractivity contribution in [1.82, 2.24) is 25.8 Å². The van der Waals surface area contributed by atoms with E-state index in [2.05, 4.69) is 31.8 Å². The van der Waals surface area contributed by atoms with Gasteiger partial charge in [-0.3, -0.25) is 9.79 Å². The van der Waals surface area contributed by atoms with E-state index in [4.69, 9.17) is 9.52 Å². The first-order chi connectivity index (χ1) is 15.0. The topological polar surface area (TPSA) is 108 Å². The zero-order valence-electron chi connectivity index (χ0n) is 17.3. The maximum atomic E-state index is 12.7. The van der Waals surface area contributed by atoms with Gasteiger partial charge in [-0.1, -0.05) is 17.3 Å². The molecule has 0 radical (unpaired) electrons. The third-order valence-corrected chi connectivity index (χ3v) is 6.44. The van der Waals surface area contributed by atoms with E-state index in [9.17, 15) is 4.79 Å². The number of amides is 1. The largest absolute Gasteiger partial charge is 0.361 e. The number of nitrogens with zero attached hydrogens (tertiary/aromatic N) is 3. The van der Waals surface area contributed by atoms with Crippen LogP contribution in [0.25, 0.3) is 22.5 Å². The second-order valence-electron chi connectivity index (χ2n) is 7.74. The van der Waals surface area contributed by atoms with E-state index in [1.807, 2.05) is 49.6 Å². The summed E-state index contributed by atoms with van der Waals surface area (Å²) in [5.41, 5.74) is 2.78. The molecule has 158 valence electrons. The lowest BCUT2D eigenvalue weighted by atomic mass is 10.0. The van der Waals surface area contributed by atoms with Crippen LogP contribution in [0, 0.1) is 6.92 Å². The molecule has 3 atom stereocenters. The van der Waals surface area contributed by atoms with Gasteiger partial charge in [-0.15, -0.1) is 11.3 Å². The molecule has 5 rings (SSSR count). The summed E-state index contributed by atoms with van der Waals surface area (Å²) in [5.74, 6) is 1.24. The van der Waals surface area contributed by atoms with Crippen LogP contribution < -0.4 is 10.6 Å². The van der Waals surface area contributed by atoms with E-state index in [0.29, 0.717) is 17.6 Å². The predicted molar refractivity (Wildman–Crippen MR) is 120 cm³/mol. The molecule has 1 amide bonds. The maximum Gasteiger partial charge on any atom is 0.286 e. The van der Waals surface area contributed by atoms with Gasteiger partial charge in [0.25, 0.3) is 11.8 Å². The van der Waals surface area contributed by atoms with E-state index >= 15 is 0 Å². The van der Waals surface area contributed by atoms with Crippen molar-refractivity contribution in [2.75, 3.05) is 0 Å². The molecule has 4 aromatic rings. The van der Waals surface area contributed by atoms with Crippen LogP contribution in [0.3, 0.4) is 0 Å². The first kappa shape index (κ1) is 19.5. The highest BCUT2D eigenvalue weighted by atomic mass is 32.1. The Morgan fingerprint density at radius 3 is 2.90 bits per heavy atom. The lowest BCUT2D eigenvalue weighted by molar-refractivity contribution is -0.115. The van der Waals surface area contributed by atoms with Crippen molar-refractivity contribution in [1.29, 1.82) is 0 Å². The Hall–Kier alpha value is -3.46. The highest BCUT2D eigenvalue weighted by molar-refractivity contribution is 7.10. The van der Waals surface area contributed by atoms with Gasteiger partial charge in [-0.25, -0.2) is 0 Å². The van der Waals surface area contributed by atoms with Crippen LogP contribution in [0.15, 0.2) is 51.3 Å². The second-order valence-corrected chi connectivity index (χ2v) is 8.72. The SMILES string of the molecule is Cc1noc(-c2cc3cc(C4N=C(C(=O)NC(C)c5cccs5)NC4C)ccc3[nH]2)n1. The minimum atomic E-state index is -0.188. The number of aryl methyl sites for hydroxylation is 1. The maximum absolute atomic E-state index is 12.7. The number of rotatable bonds is 5. The number of nitrogens with one attached hydrogen (secondary N) is 3. The Morgan fingerprint density at radius 2 is 2.16 bits per heavy atom. The molecule has 1 aromatic carbocycles. The molecule has 0 aliphatic carbocycles. The van der Waals surface area contributed by atoms with Gasteiger partial charge in [0.05, 0.1) is 18.1 Å². The first-order valence-corrected chi connectivity index (χ1v) is 11.0. The van der Waals surface area contributed by atoms with Crippen molar-refractivity contribution in [3.63, 3.8) is 0 Å². The van der Waals surface area contributed by atoms with Crippen molar-refractivity contribution in [3.05, 3.63) is 58.0 Å². The number of aromatic amines is 1. The monoisotopic (exact) mass is 434 g/mol. The van der Waals surface area contributed by atoms with Gasteiger partial charge in [0, 0.05) is 15.8 Å². The first-order valence-electron chi connectivity index (χ1n) is 10.1. The lowest BCUT2D eigenvalue weighted by Gasteiger charge is -2.14. The average molecular weight is 435 g/mol. The van der Waals surface area contributed by atoms with Crippen molar-refractivity contribution in [2.45, 2.75) is 38.9 Å². The molecule has 1 aliphatic rings. The normalized spacial score (nSPS) is 19.3. The number of aromatic nitrogens is 3. The molecule has 0 fully saturated rings. The van der Waals surface area contributed by atoms with E-state index in [-0.39, 0.29) is 24.0 Å². The third-order valence-electron chi connectivity index (χ3n) is 5.38. The van der Waals surface area contributed by atoms with Crippen LogP contribution in [0.1, 0.15) is 42.2 Å². The van der Waals surface area contributed by atoms with Gasteiger partial charge in [0.1, 0.15) is 5.69 Å². The summed E-state index contributed by atoms with van der Waals surface area (Å²) in [4.78, 5) is 26.1. The van der Waals surface area contributed by atoms with Gasteiger partial charge in [-0.2, -0.15) is 4.98 Å². The number of benzene rings is 1. The average Bonchev–Trinajstić information content (AvgIpc) is 3.53. The number of hydrogen-bond donors (Lipinski definition) is 3. The fourth-order valence-electron chi connectivity index (χ4n) is 3.80.